The van der Waals surface area contributed by atoms with Gasteiger partial charge in [-0.3, -0.25) is 14.9 Å². The Hall–Kier alpha value is -2.15. The van der Waals surface area contributed by atoms with Crippen molar-refractivity contribution in [2.24, 2.45) is 0 Å². The van der Waals surface area contributed by atoms with Crippen LogP contribution in [0.3, 0.4) is 0 Å². The second-order valence-electron chi connectivity index (χ2n) is 3.45. The van der Waals surface area contributed by atoms with Gasteiger partial charge < -0.3 is 9.84 Å². The number of rotatable bonds is 5. The van der Waals surface area contributed by atoms with Crippen LogP contribution in [0.1, 0.15) is 28.2 Å². The summed E-state index contributed by atoms with van der Waals surface area (Å²) < 4.78 is 4.70. The van der Waals surface area contributed by atoms with Crippen molar-refractivity contribution < 1.29 is 24.4 Å². The lowest BCUT2D eigenvalue weighted by molar-refractivity contribution is -0.385. The molecule has 0 bridgehead atoms. The van der Waals surface area contributed by atoms with E-state index in [1.165, 1.54) is 6.07 Å². The second-order valence-corrected chi connectivity index (χ2v) is 3.89. The molecule has 7 nitrogen and oxygen atoms in total. The van der Waals surface area contributed by atoms with E-state index in [1.54, 1.807) is 6.92 Å². The zero-order valence-electron chi connectivity index (χ0n) is 9.83. The quantitative estimate of drug-likeness (QED) is 0.385. The Morgan fingerprint density at radius 3 is 2.63 bits per heavy atom. The van der Waals surface area contributed by atoms with E-state index in [0.717, 1.165) is 12.1 Å². The Balaban J connectivity index is 3.26. The van der Waals surface area contributed by atoms with Crippen LogP contribution in [0.25, 0.3) is 0 Å². The van der Waals surface area contributed by atoms with Gasteiger partial charge in [0.1, 0.15) is 0 Å². The van der Waals surface area contributed by atoms with Crippen molar-refractivity contribution in [3.63, 3.8) is 0 Å². The van der Waals surface area contributed by atoms with E-state index in [9.17, 15) is 19.7 Å². The highest BCUT2D eigenvalue weighted by Crippen LogP contribution is 2.30. The first kappa shape index (κ1) is 14.9. The van der Waals surface area contributed by atoms with Gasteiger partial charge in [0.05, 0.1) is 22.7 Å². The normalized spacial score (nSPS) is 11.7. The van der Waals surface area contributed by atoms with E-state index in [1.807, 2.05) is 0 Å². The SMILES string of the molecule is CCOC(=O)c1ccc(C(Cl)C(=O)O)c([N+](=O)[O-])c1. The van der Waals surface area contributed by atoms with Gasteiger partial charge in [0.15, 0.2) is 5.38 Å². The Kier molecular flexibility index (Phi) is 4.82. The van der Waals surface area contributed by atoms with Crippen molar-refractivity contribution >= 4 is 29.2 Å². The molecule has 0 aromatic heterocycles. The van der Waals surface area contributed by atoms with Crippen molar-refractivity contribution in [1.82, 2.24) is 0 Å². The number of aliphatic carboxylic acids is 1. The van der Waals surface area contributed by atoms with Gasteiger partial charge in [0, 0.05) is 6.07 Å². The van der Waals surface area contributed by atoms with Crippen molar-refractivity contribution in [3.05, 3.63) is 39.4 Å². The van der Waals surface area contributed by atoms with E-state index >= 15 is 0 Å². The average molecular weight is 288 g/mol. The summed E-state index contributed by atoms with van der Waals surface area (Å²) in [6, 6.07) is 3.32. The van der Waals surface area contributed by atoms with Gasteiger partial charge in [-0.2, -0.15) is 0 Å². The maximum absolute atomic E-state index is 11.4. The summed E-state index contributed by atoms with van der Waals surface area (Å²) in [5.41, 5.74) is -0.758. The number of ether oxygens (including phenoxy) is 1. The highest BCUT2D eigenvalue weighted by Gasteiger charge is 2.27. The molecule has 0 aliphatic rings. The number of esters is 1. The molecular formula is C11H10ClNO6. The van der Waals surface area contributed by atoms with E-state index in [0.29, 0.717) is 0 Å². The maximum Gasteiger partial charge on any atom is 0.338 e. The lowest BCUT2D eigenvalue weighted by atomic mass is 10.1. The molecule has 0 aliphatic heterocycles. The van der Waals surface area contributed by atoms with Gasteiger partial charge in [-0.1, -0.05) is 0 Å². The standard InChI is InChI=1S/C11H10ClNO6/c1-2-19-11(16)6-3-4-7(9(12)10(14)15)8(5-6)13(17)18/h3-5,9H,2H2,1H3,(H,14,15). The topological polar surface area (TPSA) is 107 Å². The first-order valence-electron chi connectivity index (χ1n) is 5.20. The number of carbonyl (C=O) groups excluding carboxylic acids is 1. The van der Waals surface area contributed by atoms with Gasteiger partial charge in [0.2, 0.25) is 0 Å². The van der Waals surface area contributed by atoms with Gasteiger partial charge >= 0.3 is 11.9 Å². The maximum atomic E-state index is 11.4. The zero-order chi connectivity index (χ0) is 14.6. The minimum atomic E-state index is -1.56. The molecule has 8 heteroatoms. The number of alkyl halides is 1. The number of benzene rings is 1. The highest BCUT2D eigenvalue weighted by molar-refractivity contribution is 6.30. The van der Waals surface area contributed by atoms with Crippen LogP contribution in [0, 0.1) is 10.1 Å². The number of nitro benzene ring substituents is 1. The van der Waals surface area contributed by atoms with Crippen molar-refractivity contribution in [3.8, 4) is 0 Å². The summed E-state index contributed by atoms with van der Waals surface area (Å²) in [6.07, 6.45) is 0. The van der Waals surface area contributed by atoms with Gasteiger partial charge in [-0.25, -0.2) is 4.79 Å². The fourth-order valence-electron chi connectivity index (χ4n) is 1.39. The molecule has 0 spiro atoms. The molecule has 0 radical (unpaired) electrons. The van der Waals surface area contributed by atoms with Crippen LogP contribution in [-0.2, 0) is 9.53 Å². The fourth-order valence-corrected chi connectivity index (χ4v) is 1.58. The summed E-state index contributed by atoms with van der Waals surface area (Å²) in [6.45, 7) is 1.72. The summed E-state index contributed by atoms with van der Waals surface area (Å²) in [7, 11) is 0. The van der Waals surface area contributed by atoms with E-state index in [-0.39, 0.29) is 17.7 Å². The largest absolute Gasteiger partial charge is 0.480 e. The fraction of sp³-hybridized carbons (Fsp3) is 0.273. The van der Waals surface area contributed by atoms with E-state index in [4.69, 9.17) is 21.4 Å². The van der Waals surface area contributed by atoms with Crippen LogP contribution in [-0.4, -0.2) is 28.6 Å². The smallest absolute Gasteiger partial charge is 0.338 e. The molecule has 1 unspecified atom stereocenters. The van der Waals surface area contributed by atoms with Gasteiger partial charge in [-0.05, 0) is 19.1 Å². The summed E-state index contributed by atoms with van der Waals surface area (Å²) >= 11 is 5.56. The molecule has 0 saturated carbocycles. The Morgan fingerprint density at radius 1 is 1.53 bits per heavy atom. The number of hydrogen-bond acceptors (Lipinski definition) is 5. The van der Waals surface area contributed by atoms with Gasteiger partial charge in [0.25, 0.3) is 5.69 Å². The van der Waals surface area contributed by atoms with Crippen LogP contribution in [0.5, 0.6) is 0 Å². The molecule has 0 saturated heterocycles. The van der Waals surface area contributed by atoms with Crippen LogP contribution in [0.2, 0.25) is 0 Å². The molecule has 1 rings (SSSR count). The number of halogens is 1. The molecule has 0 heterocycles. The molecular weight excluding hydrogens is 278 g/mol. The third-order valence-corrected chi connectivity index (χ3v) is 2.65. The molecule has 1 atom stereocenters. The second kappa shape index (κ2) is 6.14. The van der Waals surface area contributed by atoms with Crippen molar-refractivity contribution in [2.75, 3.05) is 6.61 Å². The highest BCUT2D eigenvalue weighted by atomic mass is 35.5. The predicted molar refractivity (Wildman–Crippen MR) is 65.3 cm³/mol. The Bertz CT molecular complexity index is 530. The molecule has 0 amide bonds. The van der Waals surface area contributed by atoms with Gasteiger partial charge in [-0.15, -0.1) is 11.6 Å². The number of hydrogen-bond donors (Lipinski definition) is 1. The van der Waals surface area contributed by atoms with Crippen LogP contribution in [0.4, 0.5) is 5.69 Å². The summed E-state index contributed by atoms with van der Waals surface area (Å²) in [5, 5.41) is 18.1. The number of carbonyl (C=O) groups is 2. The number of nitro groups is 1. The molecule has 0 aliphatic carbocycles. The third kappa shape index (κ3) is 3.41. The van der Waals surface area contributed by atoms with Crippen molar-refractivity contribution in [1.29, 1.82) is 0 Å². The molecule has 19 heavy (non-hydrogen) atoms. The lowest BCUT2D eigenvalue weighted by Gasteiger charge is -2.07. The number of carboxylic acid groups (broad SMARTS) is 1. The zero-order valence-corrected chi connectivity index (χ0v) is 10.6. The summed E-state index contributed by atoms with van der Waals surface area (Å²) in [5.74, 6) is -2.13. The van der Waals surface area contributed by atoms with E-state index < -0.39 is 27.9 Å². The molecule has 102 valence electrons. The number of carboxylic acids is 1. The Labute approximate surface area is 112 Å². The molecule has 1 aromatic rings. The minimum Gasteiger partial charge on any atom is -0.480 e. The Morgan fingerprint density at radius 2 is 2.16 bits per heavy atom. The molecule has 0 fully saturated rings. The molecule has 1 aromatic carbocycles. The molecule has 1 N–H and O–H groups in total. The van der Waals surface area contributed by atoms with Crippen LogP contribution < -0.4 is 0 Å². The first-order valence-corrected chi connectivity index (χ1v) is 5.64. The number of nitrogens with zero attached hydrogens (tertiary/aromatic N) is 1. The first-order chi connectivity index (χ1) is 8.88. The average Bonchev–Trinajstić information content (AvgIpc) is 2.37. The van der Waals surface area contributed by atoms with Crippen LogP contribution in [0.15, 0.2) is 18.2 Å². The lowest BCUT2D eigenvalue weighted by Crippen LogP contribution is -2.10. The third-order valence-electron chi connectivity index (χ3n) is 2.23. The summed E-state index contributed by atoms with van der Waals surface area (Å²) in [4.78, 5) is 32.3. The van der Waals surface area contributed by atoms with E-state index in [2.05, 4.69) is 0 Å². The van der Waals surface area contributed by atoms with Crippen molar-refractivity contribution in [2.45, 2.75) is 12.3 Å². The van der Waals surface area contributed by atoms with Crippen LogP contribution >= 0.6 is 11.6 Å². The monoisotopic (exact) mass is 287 g/mol. The predicted octanol–water partition coefficient (Wildman–Crippen LogP) is 2.14. The minimum absolute atomic E-state index is 0.0356.